The first-order valence-corrected chi connectivity index (χ1v) is 12.3. The van der Waals surface area contributed by atoms with Crippen molar-refractivity contribution in [3.63, 3.8) is 0 Å². The van der Waals surface area contributed by atoms with Crippen molar-refractivity contribution in [2.24, 2.45) is 0 Å². The standard InChI is InChI=1S/C22H19I2NO5S/c1-13(2)30-19(26)11-25-21(27)18(31-22(25)28)9-15-8-16(23)10-17(24)20(15)29-12-14-6-4-3-5-7-14/h3-10,13H,11-12H2,1-2H3/b18-9+. The highest BCUT2D eigenvalue weighted by atomic mass is 127. The van der Waals surface area contributed by atoms with Gasteiger partial charge in [0.2, 0.25) is 0 Å². The number of hydrogen-bond acceptors (Lipinski definition) is 6. The SMILES string of the molecule is CC(C)OC(=O)CN1C(=O)S/C(=C/c2cc(I)cc(I)c2OCc2ccccc2)C1=O. The minimum atomic E-state index is -0.616. The van der Waals surface area contributed by atoms with Crippen LogP contribution >= 0.6 is 56.9 Å². The molecule has 0 radical (unpaired) electrons. The smallest absolute Gasteiger partial charge is 0.326 e. The maximum atomic E-state index is 12.8. The molecule has 0 aromatic heterocycles. The van der Waals surface area contributed by atoms with Gasteiger partial charge in [0.1, 0.15) is 18.9 Å². The fraction of sp³-hybridized carbons (Fsp3) is 0.227. The summed E-state index contributed by atoms with van der Waals surface area (Å²) in [6, 6.07) is 13.6. The predicted octanol–water partition coefficient (Wildman–Crippen LogP) is 5.46. The molecule has 0 saturated carbocycles. The van der Waals surface area contributed by atoms with Gasteiger partial charge in [-0.1, -0.05) is 30.3 Å². The van der Waals surface area contributed by atoms with Crippen LogP contribution in [-0.2, 0) is 20.9 Å². The third kappa shape index (κ3) is 6.45. The summed E-state index contributed by atoms with van der Waals surface area (Å²) in [5, 5.41) is -0.496. The Kier molecular flexibility index (Phi) is 8.39. The molecule has 2 amide bonds. The van der Waals surface area contributed by atoms with Crippen molar-refractivity contribution < 1.29 is 23.9 Å². The molecule has 3 rings (SSSR count). The largest absolute Gasteiger partial charge is 0.487 e. The zero-order valence-electron chi connectivity index (χ0n) is 16.8. The number of thioether (sulfide) groups is 1. The minimum Gasteiger partial charge on any atom is -0.487 e. The number of imide groups is 1. The normalized spacial score (nSPS) is 15.1. The molecule has 1 heterocycles. The highest BCUT2D eigenvalue weighted by Gasteiger charge is 2.37. The maximum absolute atomic E-state index is 12.8. The first-order valence-electron chi connectivity index (χ1n) is 9.35. The van der Waals surface area contributed by atoms with Gasteiger partial charge in [-0.2, -0.15) is 0 Å². The second-order valence-corrected chi connectivity index (χ2v) is 10.3. The van der Waals surface area contributed by atoms with Gasteiger partial charge in [-0.15, -0.1) is 0 Å². The van der Waals surface area contributed by atoms with E-state index in [4.69, 9.17) is 9.47 Å². The number of ether oxygens (including phenoxy) is 2. The molecular formula is C22H19I2NO5S. The molecule has 9 heteroatoms. The highest BCUT2D eigenvalue weighted by Crippen LogP contribution is 2.36. The van der Waals surface area contributed by atoms with Crippen LogP contribution in [-0.4, -0.2) is 34.7 Å². The summed E-state index contributed by atoms with van der Waals surface area (Å²) in [5.74, 6) is -0.497. The molecule has 0 unspecified atom stereocenters. The summed E-state index contributed by atoms with van der Waals surface area (Å²) >= 11 is 5.19. The number of esters is 1. The van der Waals surface area contributed by atoms with Gasteiger partial charge >= 0.3 is 5.97 Å². The Morgan fingerprint density at radius 2 is 1.87 bits per heavy atom. The number of hydrogen-bond donors (Lipinski definition) is 0. The lowest BCUT2D eigenvalue weighted by atomic mass is 10.1. The van der Waals surface area contributed by atoms with Crippen LogP contribution in [0.3, 0.4) is 0 Å². The Morgan fingerprint density at radius 3 is 2.55 bits per heavy atom. The summed E-state index contributed by atoms with van der Waals surface area (Å²) in [5.41, 5.74) is 1.72. The number of carbonyl (C=O) groups is 3. The first-order chi connectivity index (χ1) is 14.7. The van der Waals surface area contributed by atoms with Crippen LogP contribution in [0.1, 0.15) is 25.0 Å². The molecule has 1 saturated heterocycles. The lowest BCUT2D eigenvalue weighted by Crippen LogP contribution is -2.35. The lowest BCUT2D eigenvalue weighted by molar-refractivity contribution is -0.149. The molecule has 2 aromatic carbocycles. The summed E-state index contributed by atoms with van der Waals surface area (Å²) < 4.78 is 13.0. The van der Waals surface area contributed by atoms with Gasteiger partial charge in [0.15, 0.2) is 0 Å². The zero-order chi connectivity index (χ0) is 22.5. The van der Waals surface area contributed by atoms with Crippen molar-refractivity contribution in [2.45, 2.75) is 26.6 Å². The molecule has 0 atom stereocenters. The van der Waals surface area contributed by atoms with E-state index in [1.165, 1.54) is 0 Å². The average Bonchev–Trinajstić information content (AvgIpc) is 2.95. The van der Waals surface area contributed by atoms with Crippen molar-refractivity contribution in [1.82, 2.24) is 4.90 Å². The van der Waals surface area contributed by atoms with E-state index in [1.54, 1.807) is 19.9 Å². The molecule has 1 aliphatic heterocycles. The van der Waals surface area contributed by atoms with E-state index >= 15 is 0 Å². The first kappa shape index (κ1) is 24.1. The molecule has 0 spiro atoms. The fourth-order valence-corrected chi connectivity index (χ4v) is 5.65. The van der Waals surface area contributed by atoms with E-state index in [0.717, 1.165) is 29.4 Å². The molecule has 162 valence electrons. The number of rotatable bonds is 7. The zero-order valence-corrected chi connectivity index (χ0v) is 21.9. The minimum absolute atomic E-state index is 0.240. The van der Waals surface area contributed by atoms with E-state index in [0.29, 0.717) is 17.9 Å². The predicted molar refractivity (Wildman–Crippen MR) is 137 cm³/mol. The Morgan fingerprint density at radius 1 is 1.16 bits per heavy atom. The van der Waals surface area contributed by atoms with Gasteiger partial charge in [0.25, 0.3) is 11.1 Å². The van der Waals surface area contributed by atoms with Crippen molar-refractivity contribution in [2.75, 3.05) is 6.54 Å². The monoisotopic (exact) mass is 663 g/mol. The van der Waals surface area contributed by atoms with Gasteiger partial charge in [-0.05, 0) is 94.6 Å². The molecule has 1 aliphatic rings. The summed E-state index contributed by atoms with van der Waals surface area (Å²) in [7, 11) is 0. The van der Waals surface area contributed by atoms with E-state index in [-0.39, 0.29) is 11.0 Å². The Balaban J connectivity index is 1.84. The van der Waals surface area contributed by atoms with Gasteiger partial charge in [-0.3, -0.25) is 19.3 Å². The molecule has 31 heavy (non-hydrogen) atoms. The van der Waals surface area contributed by atoms with Gasteiger partial charge < -0.3 is 9.47 Å². The van der Waals surface area contributed by atoms with Crippen LogP contribution in [0.4, 0.5) is 4.79 Å². The van der Waals surface area contributed by atoms with Crippen molar-refractivity contribution >= 4 is 80.1 Å². The van der Waals surface area contributed by atoms with Crippen LogP contribution < -0.4 is 4.74 Å². The van der Waals surface area contributed by atoms with Crippen LogP contribution in [0.5, 0.6) is 5.75 Å². The second-order valence-electron chi connectivity index (χ2n) is 6.89. The van der Waals surface area contributed by atoms with Crippen molar-refractivity contribution in [3.05, 3.63) is 65.6 Å². The number of nitrogens with zero attached hydrogens (tertiary/aromatic N) is 1. The average molecular weight is 663 g/mol. The lowest BCUT2D eigenvalue weighted by Gasteiger charge is -2.14. The quantitative estimate of drug-likeness (QED) is 0.223. The van der Waals surface area contributed by atoms with E-state index in [2.05, 4.69) is 45.2 Å². The van der Waals surface area contributed by atoms with Crippen molar-refractivity contribution in [3.8, 4) is 5.75 Å². The van der Waals surface area contributed by atoms with E-state index in [9.17, 15) is 14.4 Å². The van der Waals surface area contributed by atoms with E-state index in [1.807, 2.05) is 42.5 Å². The summed E-state index contributed by atoms with van der Waals surface area (Å²) in [6.07, 6.45) is 1.32. The molecule has 0 bridgehead atoms. The Hall–Kier alpha value is -1.60. The number of carbonyl (C=O) groups excluding carboxylic acids is 3. The molecule has 1 fully saturated rings. The number of amides is 2. The molecule has 0 N–H and O–H groups in total. The van der Waals surface area contributed by atoms with Crippen molar-refractivity contribution in [1.29, 1.82) is 0 Å². The summed E-state index contributed by atoms with van der Waals surface area (Å²) in [4.78, 5) is 38.1. The van der Waals surface area contributed by atoms with Crippen LogP contribution in [0.25, 0.3) is 6.08 Å². The molecular weight excluding hydrogens is 644 g/mol. The topological polar surface area (TPSA) is 72.9 Å². The van der Waals surface area contributed by atoms with E-state index < -0.39 is 23.7 Å². The summed E-state index contributed by atoms with van der Waals surface area (Å²) in [6.45, 7) is 3.39. The number of benzene rings is 2. The van der Waals surface area contributed by atoms with Gasteiger partial charge in [0.05, 0.1) is 14.6 Å². The third-order valence-electron chi connectivity index (χ3n) is 4.08. The highest BCUT2D eigenvalue weighted by molar-refractivity contribution is 14.1. The Bertz CT molecular complexity index is 1040. The van der Waals surface area contributed by atoms with Gasteiger partial charge in [0, 0.05) is 9.13 Å². The Labute approximate surface area is 212 Å². The molecule has 2 aromatic rings. The van der Waals surface area contributed by atoms with Crippen LogP contribution in [0.15, 0.2) is 47.4 Å². The number of halogens is 2. The maximum Gasteiger partial charge on any atom is 0.326 e. The molecule has 0 aliphatic carbocycles. The van der Waals surface area contributed by atoms with Gasteiger partial charge in [-0.25, -0.2) is 0 Å². The fourth-order valence-electron chi connectivity index (χ4n) is 2.78. The van der Waals surface area contributed by atoms with Crippen LogP contribution in [0.2, 0.25) is 0 Å². The van der Waals surface area contributed by atoms with Crippen LogP contribution in [0, 0.1) is 7.14 Å². The molecule has 6 nitrogen and oxygen atoms in total. The second kappa shape index (κ2) is 10.8. The third-order valence-corrected chi connectivity index (χ3v) is 6.41.